The molecule has 0 aromatic carbocycles. The highest BCUT2D eigenvalue weighted by molar-refractivity contribution is 5.84. The zero-order valence-electron chi connectivity index (χ0n) is 10.4. The zero-order valence-corrected chi connectivity index (χ0v) is 10.4. The van der Waals surface area contributed by atoms with Gasteiger partial charge in [0.25, 0.3) is 0 Å². The summed E-state index contributed by atoms with van der Waals surface area (Å²) in [6, 6.07) is 4.14. The number of aromatic nitrogens is 2. The Hall–Kier alpha value is -1.44. The lowest BCUT2D eigenvalue weighted by Gasteiger charge is -2.13. The molecule has 2 aromatic rings. The Balaban J connectivity index is 2.77. The van der Waals surface area contributed by atoms with Crippen LogP contribution < -0.4 is 0 Å². The lowest BCUT2D eigenvalue weighted by atomic mass is 9.97. The van der Waals surface area contributed by atoms with Crippen LogP contribution in [0, 0.1) is 0 Å². The molecule has 2 rings (SSSR count). The van der Waals surface area contributed by atoms with Gasteiger partial charge in [-0.1, -0.05) is 33.8 Å². The molecule has 2 nitrogen and oxygen atoms in total. The second-order valence-corrected chi connectivity index (χ2v) is 4.81. The first-order valence-electron chi connectivity index (χ1n) is 5.84. The third kappa shape index (κ3) is 1.80. The number of rotatable bonds is 2. The van der Waals surface area contributed by atoms with Crippen molar-refractivity contribution in [1.29, 1.82) is 0 Å². The largest absolute Gasteiger partial charge is 0.258 e. The summed E-state index contributed by atoms with van der Waals surface area (Å²) in [6.45, 7) is 8.70. The fraction of sp³-hybridized carbons (Fsp3) is 0.429. The Morgan fingerprint density at radius 2 is 1.75 bits per heavy atom. The van der Waals surface area contributed by atoms with Crippen LogP contribution in [0.15, 0.2) is 24.5 Å². The molecule has 0 aliphatic heterocycles. The van der Waals surface area contributed by atoms with Crippen LogP contribution in [-0.4, -0.2) is 9.97 Å². The first-order chi connectivity index (χ1) is 7.61. The molecule has 84 valence electrons. The Labute approximate surface area is 96.7 Å². The minimum absolute atomic E-state index is 0.415. The Morgan fingerprint density at radius 1 is 1.00 bits per heavy atom. The number of hydrogen-bond donors (Lipinski definition) is 0. The summed E-state index contributed by atoms with van der Waals surface area (Å²) in [6.07, 6.45) is 3.85. The van der Waals surface area contributed by atoms with Gasteiger partial charge in [0.15, 0.2) is 0 Å². The quantitative estimate of drug-likeness (QED) is 0.758. The van der Waals surface area contributed by atoms with Gasteiger partial charge in [-0.05, 0) is 23.5 Å². The third-order valence-electron chi connectivity index (χ3n) is 2.87. The molecule has 0 radical (unpaired) electrons. The van der Waals surface area contributed by atoms with Gasteiger partial charge in [-0.15, -0.1) is 0 Å². The highest BCUT2D eigenvalue weighted by Gasteiger charge is 2.12. The molecule has 0 amide bonds. The van der Waals surface area contributed by atoms with Gasteiger partial charge in [-0.2, -0.15) is 0 Å². The number of nitrogens with zero attached hydrogens (tertiary/aromatic N) is 2. The molecule has 0 spiro atoms. The van der Waals surface area contributed by atoms with E-state index in [1.165, 1.54) is 10.9 Å². The molecule has 0 aliphatic carbocycles. The van der Waals surface area contributed by atoms with Crippen molar-refractivity contribution in [2.24, 2.45) is 0 Å². The minimum atomic E-state index is 0.415. The van der Waals surface area contributed by atoms with Gasteiger partial charge >= 0.3 is 0 Å². The van der Waals surface area contributed by atoms with Gasteiger partial charge in [0.2, 0.25) is 0 Å². The van der Waals surface area contributed by atoms with E-state index >= 15 is 0 Å². The van der Waals surface area contributed by atoms with Crippen molar-refractivity contribution in [2.75, 3.05) is 0 Å². The lowest BCUT2D eigenvalue weighted by molar-refractivity contribution is 0.814. The van der Waals surface area contributed by atoms with E-state index in [-0.39, 0.29) is 0 Å². The Bertz CT molecular complexity index is 455. The predicted octanol–water partition coefficient (Wildman–Crippen LogP) is 3.88. The standard InChI is InChI=1S/C14H18N2/c1-9(2)12-8-16-13(10(3)4)14-11(12)6-5-7-15-14/h5-10H,1-4H3. The second kappa shape index (κ2) is 4.20. The van der Waals surface area contributed by atoms with Gasteiger partial charge < -0.3 is 0 Å². The molecule has 0 N–H and O–H groups in total. The summed E-state index contributed by atoms with van der Waals surface area (Å²) < 4.78 is 0. The van der Waals surface area contributed by atoms with Crippen molar-refractivity contribution in [1.82, 2.24) is 9.97 Å². The SMILES string of the molecule is CC(C)c1cnc(C(C)C)c2ncccc12. The van der Waals surface area contributed by atoms with E-state index in [2.05, 4.69) is 43.7 Å². The van der Waals surface area contributed by atoms with E-state index in [9.17, 15) is 0 Å². The maximum atomic E-state index is 4.57. The second-order valence-electron chi connectivity index (χ2n) is 4.81. The first-order valence-corrected chi connectivity index (χ1v) is 5.84. The highest BCUT2D eigenvalue weighted by Crippen LogP contribution is 2.27. The van der Waals surface area contributed by atoms with E-state index in [0.29, 0.717) is 11.8 Å². The molecular formula is C14H18N2. The maximum absolute atomic E-state index is 4.57. The van der Waals surface area contributed by atoms with Crippen molar-refractivity contribution in [3.05, 3.63) is 35.8 Å². The Morgan fingerprint density at radius 3 is 2.38 bits per heavy atom. The average molecular weight is 214 g/mol. The summed E-state index contributed by atoms with van der Waals surface area (Å²) in [5.41, 5.74) is 3.44. The van der Waals surface area contributed by atoms with Gasteiger partial charge in [0.05, 0.1) is 11.2 Å². The van der Waals surface area contributed by atoms with Crippen molar-refractivity contribution >= 4 is 10.9 Å². The van der Waals surface area contributed by atoms with Crippen LogP contribution in [0.3, 0.4) is 0 Å². The summed E-state index contributed by atoms with van der Waals surface area (Å²) >= 11 is 0. The number of hydrogen-bond acceptors (Lipinski definition) is 2. The highest BCUT2D eigenvalue weighted by atomic mass is 14.8. The van der Waals surface area contributed by atoms with Crippen molar-refractivity contribution in [3.8, 4) is 0 Å². The van der Waals surface area contributed by atoms with E-state index in [1.54, 1.807) is 0 Å². The molecule has 2 heterocycles. The van der Waals surface area contributed by atoms with E-state index < -0.39 is 0 Å². The minimum Gasteiger partial charge on any atom is -0.258 e. The monoisotopic (exact) mass is 214 g/mol. The predicted molar refractivity (Wildman–Crippen MR) is 67.7 cm³/mol. The molecule has 0 fully saturated rings. The van der Waals surface area contributed by atoms with Crippen LogP contribution in [-0.2, 0) is 0 Å². The molecule has 2 aromatic heterocycles. The van der Waals surface area contributed by atoms with E-state index in [0.717, 1.165) is 11.2 Å². The van der Waals surface area contributed by atoms with Crippen LogP contribution in [0.4, 0.5) is 0 Å². The molecule has 0 aliphatic rings. The van der Waals surface area contributed by atoms with E-state index in [1.807, 2.05) is 18.5 Å². The van der Waals surface area contributed by atoms with Crippen LogP contribution in [0.1, 0.15) is 50.8 Å². The maximum Gasteiger partial charge on any atom is 0.0922 e. The van der Waals surface area contributed by atoms with Gasteiger partial charge in [-0.25, -0.2) is 0 Å². The Kier molecular flexibility index (Phi) is 2.90. The number of fused-ring (bicyclic) bond motifs is 1. The summed E-state index contributed by atoms with van der Waals surface area (Å²) in [7, 11) is 0. The molecular weight excluding hydrogens is 196 g/mol. The van der Waals surface area contributed by atoms with Crippen LogP contribution in [0.5, 0.6) is 0 Å². The topological polar surface area (TPSA) is 25.8 Å². The normalized spacial score (nSPS) is 11.6. The van der Waals surface area contributed by atoms with Crippen molar-refractivity contribution in [3.63, 3.8) is 0 Å². The molecule has 0 unspecified atom stereocenters. The summed E-state index contributed by atoms with van der Waals surface area (Å²) in [5, 5.41) is 1.25. The smallest absolute Gasteiger partial charge is 0.0922 e. The summed E-state index contributed by atoms with van der Waals surface area (Å²) in [5.74, 6) is 0.902. The fourth-order valence-corrected chi connectivity index (χ4v) is 1.99. The molecule has 0 saturated carbocycles. The molecule has 0 bridgehead atoms. The molecule has 16 heavy (non-hydrogen) atoms. The first kappa shape index (κ1) is 11.1. The van der Waals surface area contributed by atoms with Gasteiger partial charge in [0, 0.05) is 17.8 Å². The fourth-order valence-electron chi connectivity index (χ4n) is 1.99. The third-order valence-corrected chi connectivity index (χ3v) is 2.87. The molecule has 0 saturated heterocycles. The van der Waals surface area contributed by atoms with E-state index in [4.69, 9.17) is 0 Å². The van der Waals surface area contributed by atoms with Gasteiger partial charge in [0.1, 0.15) is 0 Å². The van der Waals surface area contributed by atoms with Crippen molar-refractivity contribution in [2.45, 2.75) is 39.5 Å². The zero-order chi connectivity index (χ0) is 11.7. The van der Waals surface area contributed by atoms with Crippen LogP contribution in [0.2, 0.25) is 0 Å². The van der Waals surface area contributed by atoms with Gasteiger partial charge in [-0.3, -0.25) is 9.97 Å². The summed E-state index contributed by atoms with van der Waals surface area (Å²) in [4.78, 5) is 9.05. The number of pyridine rings is 2. The van der Waals surface area contributed by atoms with Crippen LogP contribution >= 0.6 is 0 Å². The van der Waals surface area contributed by atoms with Crippen molar-refractivity contribution < 1.29 is 0 Å². The molecule has 2 heteroatoms. The lowest BCUT2D eigenvalue weighted by Crippen LogP contribution is -2.00. The van der Waals surface area contributed by atoms with Crippen LogP contribution in [0.25, 0.3) is 10.9 Å². The molecule has 0 atom stereocenters. The average Bonchev–Trinajstić information content (AvgIpc) is 2.27.